The summed E-state index contributed by atoms with van der Waals surface area (Å²) >= 11 is 1.15. The number of urea groups is 1. The van der Waals surface area contributed by atoms with Gasteiger partial charge in [-0.25, -0.2) is 4.79 Å². The molecule has 2 amide bonds. The Bertz CT molecular complexity index is 940. The molecule has 0 fully saturated rings. The van der Waals surface area contributed by atoms with Crippen molar-refractivity contribution in [1.82, 2.24) is 18.5 Å². The molecule has 1 atom stereocenters. The predicted octanol–water partition coefficient (Wildman–Crippen LogP) is 3.21. The summed E-state index contributed by atoms with van der Waals surface area (Å²) in [5, 5.41) is 2.97. The fourth-order valence-electron chi connectivity index (χ4n) is 3.44. The van der Waals surface area contributed by atoms with Crippen molar-refractivity contribution in [2.45, 2.75) is 19.0 Å². The minimum absolute atomic E-state index is 0.127. The lowest BCUT2D eigenvalue weighted by atomic mass is 9.94. The minimum Gasteiger partial charge on any atom is -0.326 e. The molecule has 7 heteroatoms. The van der Waals surface area contributed by atoms with Crippen molar-refractivity contribution in [2.24, 2.45) is 0 Å². The number of hydrogen-bond donors (Lipinski definition) is 1. The fraction of sp³-hybridized carbons (Fsp3) is 0.316. The van der Waals surface area contributed by atoms with E-state index in [0.717, 1.165) is 35.7 Å². The van der Waals surface area contributed by atoms with Gasteiger partial charge in [-0.05, 0) is 36.7 Å². The Morgan fingerprint density at radius 2 is 2.04 bits per heavy atom. The predicted molar refractivity (Wildman–Crippen MR) is 104 cm³/mol. The lowest BCUT2D eigenvalue weighted by molar-refractivity contribution is 0.166. The highest BCUT2D eigenvalue weighted by Gasteiger charge is 2.25. The second kappa shape index (κ2) is 7.01. The zero-order chi connectivity index (χ0) is 18.1. The number of likely N-dealkylation sites (N-methyl/N-ethyl adjacent to an activating group) is 2. The van der Waals surface area contributed by atoms with E-state index in [1.165, 1.54) is 11.1 Å². The largest absolute Gasteiger partial charge is 0.326 e. The van der Waals surface area contributed by atoms with E-state index in [0.29, 0.717) is 18.3 Å². The van der Waals surface area contributed by atoms with Crippen molar-refractivity contribution in [1.29, 1.82) is 0 Å². The highest BCUT2D eigenvalue weighted by atomic mass is 32.1. The van der Waals surface area contributed by atoms with Crippen LogP contribution in [0.5, 0.6) is 0 Å². The zero-order valence-electron chi connectivity index (χ0n) is 14.8. The number of amides is 2. The Morgan fingerprint density at radius 3 is 2.88 bits per heavy atom. The second-order valence-corrected chi connectivity index (χ2v) is 7.32. The first kappa shape index (κ1) is 16.9. The first-order valence-corrected chi connectivity index (χ1v) is 9.35. The SMILES string of the molecule is CN(C[C@H]1Cc2ccccc2CN1C)C(=O)Nc1cccc2nsnc12. The molecular formula is C19H21N5OS. The maximum absolute atomic E-state index is 12.7. The number of fused-ring (bicyclic) bond motifs is 2. The van der Waals surface area contributed by atoms with E-state index >= 15 is 0 Å². The smallest absolute Gasteiger partial charge is 0.321 e. The van der Waals surface area contributed by atoms with E-state index in [2.05, 4.69) is 50.3 Å². The summed E-state index contributed by atoms with van der Waals surface area (Å²) in [5.41, 5.74) is 5.00. The summed E-state index contributed by atoms with van der Waals surface area (Å²) in [6.45, 7) is 1.59. The average molecular weight is 367 g/mol. The van der Waals surface area contributed by atoms with Gasteiger partial charge < -0.3 is 10.2 Å². The third-order valence-corrected chi connectivity index (χ3v) is 5.52. The lowest BCUT2D eigenvalue weighted by Crippen LogP contribution is -2.47. The first-order chi connectivity index (χ1) is 12.6. The molecule has 4 rings (SSSR count). The number of aromatic nitrogens is 2. The number of benzene rings is 2. The van der Waals surface area contributed by atoms with Crippen LogP contribution in [0.3, 0.4) is 0 Å². The number of hydrogen-bond acceptors (Lipinski definition) is 5. The van der Waals surface area contributed by atoms with Gasteiger partial charge in [-0.1, -0.05) is 30.3 Å². The van der Waals surface area contributed by atoms with Crippen LogP contribution in [0.1, 0.15) is 11.1 Å². The monoisotopic (exact) mass is 367 g/mol. The van der Waals surface area contributed by atoms with Crippen LogP contribution in [0.4, 0.5) is 10.5 Å². The van der Waals surface area contributed by atoms with Crippen LogP contribution in [0.25, 0.3) is 11.0 Å². The van der Waals surface area contributed by atoms with Crippen LogP contribution in [-0.4, -0.2) is 51.3 Å². The van der Waals surface area contributed by atoms with Gasteiger partial charge in [0.2, 0.25) is 0 Å². The van der Waals surface area contributed by atoms with E-state index in [9.17, 15) is 4.79 Å². The topological polar surface area (TPSA) is 61.4 Å². The van der Waals surface area contributed by atoms with Crippen LogP contribution in [-0.2, 0) is 13.0 Å². The number of nitrogens with zero attached hydrogens (tertiary/aromatic N) is 4. The summed E-state index contributed by atoms with van der Waals surface area (Å²) < 4.78 is 8.49. The molecule has 0 unspecified atom stereocenters. The van der Waals surface area contributed by atoms with Gasteiger partial charge in [0, 0.05) is 26.2 Å². The zero-order valence-corrected chi connectivity index (χ0v) is 15.7. The van der Waals surface area contributed by atoms with Crippen molar-refractivity contribution in [3.8, 4) is 0 Å². The van der Waals surface area contributed by atoms with Gasteiger partial charge >= 0.3 is 6.03 Å². The van der Waals surface area contributed by atoms with Crippen molar-refractivity contribution in [2.75, 3.05) is 26.0 Å². The maximum atomic E-state index is 12.7. The van der Waals surface area contributed by atoms with Gasteiger partial charge in [0.25, 0.3) is 0 Å². The molecule has 0 saturated carbocycles. The molecule has 0 saturated heterocycles. The molecule has 134 valence electrons. The summed E-state index contributed by atoms with van der Waals surface area (Å²) in [6.07, 6.45) is 0.954. The summed E-state index contributed by atoms with van der Waals surface area (Å²) in [6, 6.07) is 14.3. The first-order valence-electron chi connectivity index (χ1n) is 8.62. The molecule has 26 heavy (non-hydrogen) atoms. The summed E-state index contributed by atoms with van der Waals surface area (Å²) in [4.78, 5) is 16.7. The molecule has 3 aromatic rings. The van der Waals surface area contributed by atoms with Gasteiger partial charge in [-0.3, -0.25) is 4.90 Å². The Hall–Kier alpha value is -2.51. The number of carbonyl (C=O) groups excluding carboxylic acids is 1. The van der Waals surface area contributed by atoms with E-state index in [4.69, 9.17) is 0 Å². The molecule has 0 radical (unpaired) electrons. The van der Waals surface area contributed by atoms with Crippen molar-refractivity contribution >= 4 is 34.5 Å². The van der Waals surface area contributed by atoms with Crippen LogP contribution in [0, 0.1) is 0 Å². The van der Waals surface area contributed by atoms with Crippen LogP contribution in [0.2, 0.25) is 0 Å². The number of carbonyl (C=O) groups is 1. The molecule has 1 aromatic heterocycles. The van der Waals surface area contributed by atoms with E-state index in [-0.39, 0.29) is 6.03 Å². The van der Waals surface area contributed by atoms with Crippen LogP contribution in [0.15, 0.2) is 42.5 Å². The fourth-order valence-corrected chi connectivity index (χ4v) is 3.99. The Kier molecular flexibility index (Phi) is 4.57. The van der Waals surface area contributed by atoms with Gasteiger partial charge in [0.05, 0.1) is 17.4 Å². The lowest BCUT2D eigenvalue weighted by Gasteiger charge is -2.36. The van der Waals surface area contributed by atoms with Gasteiger partial charge in [-0.2, -0.15) is 8.75 Å². The molecule has 2 aromatic carbocycles. The van der Waals surface area contributed by atoms with E-state index in [1.54, 1.807) is 4.90 Å². The molecule has 1 aliphatic heterocycles. The summed E-state index contributed by atoms with van der Waals surface area (Å²) in [7, 11) is 3.96. The Balaban J connectivity index is 1.44. The maximum Gasteiger partial charge on any atom is 0.321 e. The van der Waals surface area contributed by atoms with Crippen molar-refractivity contribution in [3.63, 3.8) is 0 Å². The minimum atomic E-state index is -0.127. The molecule has 1 aliphatic rings. The molecule has 1 N–H and O–H groups in total. The normalized spacial score (nSPS) is 17.1. The number of anilines is 1. The van der Waals surface area contributed by atoms with Crippen molar-refractivity contribution in [3.05, 3.63) is 53.6 Å². The van der Waals surface area contributed by atoms with Gasteiger partial charge in [0.1, 0.15) is 11.0 Å². The number of nitrogens with one attached hydrogen (secondary N) is 1. The molecule has 0 bridgehead atoms. The van der Waals surface area contributed by atoms with E-state index < -0.39 is 0 Å². The van der Waals surface area contributed by atoms with Crippen LogP contribution < -0.4 is 5.32 Å². The summed E-state index contributed by atoms with van der Waals surface area (Å²) in [5.74, 6) is 0. The average Bonchev–Trinajstić information content (AvgIpc) is 3.12. The number of rotatable bonds is 3. The highest BCUT2D eigenvalue weighted by Crippen LogP contribution is 2.23. The third kappa shape index (κ3) is 3.27. The molecule has 6 nitrogen and oxygen atoms in total. The Labute approximate surface area is 156 Å². The standard InChI is InChI=1S/C19H21N5OS/c1-23-11-14-7-4-3-6-13(14)10-15(23)12-24(2)19(25)20-16-8-5-9-17-18(16)22-26-21-17/h3-9,15H,10-12H2,1-2H3,(H,20,25)/t15-/m1/s1. The highest BCUT2D eigenvalue weighted by molar-refractivity contribution is 7.00. The van der Waals surface area contributed by atoms with E-state index in [1.807, 2.05) is 25.2 Å². The van der Waals surface area contributed by atoms with Gasteiger partial charge in [0.15, 0.2) is 0 Å². The Morgan fingerprint density at radius 1 is 1.23 bits per heavy atom. The van der Waals surface area contributed by atoms with Crippen LogP contribution >= 0.6 is 11.7 Å². The quantitative estimate of drug-likeness (QED) is 0.772. The molecule has 0 spiro atoms. The third-order valence-electron chi connectivity index (χ3n) is 4.98. The molecular weight excluding hydrogens is 346 g/mol. The van der Waals surface area contributed by atoms with Crippen molar-refractivity contribution < 1.29 is 4.79 Å². The molecule has 0 aliphatic carbocycles. The van der Waals surface area contributed by atoms with Gasteiger partial charge in [-0.15, -0.1) is 0 Å². The second-order valence-electron chi connectivity index (χ2n) is 6.79. The molecule has 2 heterocycles.